The average Bonchev–Trinajstić information content (AvgIpc) is 3.02. The number of fused-ring (bicyclic) bond motifs is 1. The third-order valence-electron chi connectivity index (χ3n) is 4.51. The van der Waals surface area contributed by atoms with Crippen LogP contribution in [0.15, 0.2) is 41.6 Å². The van der Waals surface area contributed by atoms with Gasteiger partial charge in [-0.05, 0) is 23.6 Å². The first kappa shape index (κ1) is 19.1. The van der Waals surface area contributed by atoms with Crippen molar-refractivity contribution in [1.29, 1.82) is 0 Å². The van der Waals surface area contributed by atoms with Gasteiger partial charge in [-0.15, -0.1) is 0 Å². The molecule has 1 N–H and O–H groups in total. The van der Waals surface area contributed by atoms with Crippen LogP contribution in [0.25, 0.3) is 11.0 Å². The summed E-state index contributed by atoms with van der Waals surface area (Å²) >= 11 is 5.95. The molecular weight excluding hydrogens is 366 g/mol. The molecule has 1 amide bonds. The van der Waals surface area contributed by atoms with Gasteiger partial charge in [-0.2, -0.15) is 5.10 Å². The lowest BCUT2D eigenvalue weighted by Gasteiger charge is -2.23. The van der Waals surface area contributed by atoms with E-state index in [1.807, 2.05) is 38.1 Å². The van der Waals surface area contributed by atoms with Crippen molar-refractivity contribution >= 4 is 28.5 Å². The molecule has 3 aromatic rings. The Morgan fingerprint density at radius 1 is 1.26 bits per heavy atom. The Hall–Kier alpha value is -2.67. The van der Waals surface area contributed by atoms with E-state index in [1.165, 1.54) is 17.1 Å². The van der Waals surface area contributed by atoms with Gasteiger partial charge >= 0.3 is 0 Å². The second-order valence-corrected chi connectivity index (χ2v) is 7.28. The van der Waals surface area contributed by atoms with Crippen LogP contribution in [0.3, 0.4) is 0 Å². The van der Waals surface area contributed by atoms with Crippen LogP contribution in [0.4, 0.5) is 0 Å². The number of hydrogen-bond donors (Lipinski definition) is 1. The molecule has 0 saturated heterocycles. The van der Waals surface area contributed by atoms with Gasteiger partial charge in [0.15, 0.2) is 5.65 Å². The molecule has 0 radical (unpaired) electrons. The fourth-order valence-corrected chi connectivity index (χ4v) is 3.12. The minimum Gasteiger partial charge on any atom is -0.349 e. The van der Waals surface area contributed by atoms with Gasteiger partial charge in [0.25, 0.3) is 5.56 Å². The first-order valence-electron chi connectivity index (χ1n) is 8.79. The number of nitrogens with zero attached hydrogens (tertiary/aromatic N) is 4. The van der Waals surface area contributed by atoms with Crippen LogP contribution in [-0.2, 0) is 18.4 Å². The van der Waals surface area contributed by atoms with E-state index in [0.717, 1.165) is 5.56 Å². The molecule has 0 fully saturated rings. The molecule has 0 aliphatic carbocycles. The van der Waals surface area contributed by atoms with Crippen LogP contribution >= 0.6 is 11.6 Å². The van der Waals surface area contributed by atoms with Gasteiger partial charge in [-0.3, -0.25) is 18.8 Å². The molecule has 2 heterocycles. The van der Waals surface area contributed by atoms with Crippen LogP contribution in [0.1, 0.15) is 31.9 Å². The quantitative estimate of drug-likeness (QED) is 0.705. The summed E-state index contributed by atoms with van der Waals surface area (Å²) in [7, 11) is 1.73. The molecule has 0 bridgehead atoms. The van der Waals surface area contributed by atoms with Crippen LogP contribution in [0.2, 0.25) is 5.02 Å². The molecule has 0 saturated carbocycles. The summed E-state index contributed by atoms with van der Waals surface area (Å²) in [5.74, 6) is 0.0908. The Balaban J connectivity index is 1.69. The maximum absolute atomic E-state index is 12.5. The Labute approximate surface area is 162 Å². The number of carbonyl (C=O) groups is 1. The highest BCUT2D eigenvalue weighted by atomic mass is 35.5. The summed E-state index contributed by atoms with van der Waals surface area (Å²) in [6.45, 7) is 4.35. The minimum atomic E-state index is -0.195. The summed E-state index contributed by atoms with van der Waals surface area (Å²) < 4.78 is 2.99. The third kappa shape index (κ3) is 4.19. The highest BCUT2D eigenvalue weighted by Gasteiger charge is 2.18. The predicted molar refractivity (Wildman–Crippen MR) is 105 cm³/mol. The fourth-order valence-electron chi connectivity index (χ4n) is 3.00. The van der Waals surface area contributed by atoms with E-state index in [9.17, 15) is 9.59 Å². The fraction of sp³-hybridized carbons (Fsp3) is 0.368. The predicted octanol–water partition coefficient (Wildman–Crippen LogP) is 2.69. The molecule has 7 nitrogen and oxygen atoms in total. The summed E-state index contributed by atoms with van der Waals surface area (Å²) in [4.78, 5) is 29.2. The molecule has 1 atom stereocenters. The lowest BCUT2D eigenvalue weighted by molar-refractivity contribution is -0.122. The first-order valence-corrected chi connectivity index (χ1v) is 9.16. The number of aromatic nitrogens is 4. The van der Waals surface area contributed by atoms with Crippen LogP contribution in [0.5, 0.6) is 0 Å². The standard InChI is InChI=1S/C19H22ClN5O2/c1-12(2)17(13-4-6-14(20)7-5-13)23-16(26)8-9-25-11-21-18-15(19(25)27)10-22-24(18)3/h4-7,10-12,17H,8-9H2,1-3H3,(H,23,26)/t17-/m0/s1. The average molecular weight is 388 g/mol. The molecule has 3 rings (SSSR count). The minimum absolute atomic E-state index is 0.120. The van der Waals surface area contributed by atoms with Gasteiger partial charge in [0, 0.05) is 25.0 Å². The van der Waals surface area contributed by atoms with E-state index in [0.29, 0.717) is 16.1 Å². The SMILES string of the molecule is CC(C)[C@H](NC(=O)CCn1cnc2c(cnn2C)c1=O)c1ccc(Cl)cc1. The van der Waals surface area contributed by atoms with Crippen LogP contribution in [-0.4, -0.2) is 25.2 Å². The molecule has 27 heavy (non-hydrogen) atoms. The monoisotopic (exact) mass is 387 g/mol. The molecule has 0 spiro atoms. The molecule has 8 heteroatoms. The summed E-state index contributed by atoms with van der Waals surface area (Å²) in [5.41, 5.74) is 1.33. The van der Waals surface area contributed by atoms with Gasteiger partial charge in [0.2, 0.25) is 5.91 Å². The Kier molecular flexibility index (Phi) is 5.60. The molecule has 1 aromatic carbocycles. The number of benzene rings is 1. The maximum atomic E-state index is 12.5. The van der Waals surface area contributed by atoms with Crippen molar-refractivity contribution in [1.82, 2.24) is 24.6 Å². The van der Waals surface area contributed by atoms with Crippen molar-refractivity contribution in [3.8, 4) is 0 Å². The van der Waals surface area contributed by atoms with E-state index in [2.05, 4.69) is 15.4 Å². The van der Waals surface area contributed by atoms with E-state index >= 15 is 0 Å². The summed E-state index contributed by atoms with van der Waals surface area (Å²) in [6.07, 6.45) is 3.14. The molecule has 2 aromatic heterocycles. The van der Waals surface area contributed by atoms with E-state index < -0.39 is 0 Å². The number of rotatable bonds is 6. The topological polar surface area (TPSA) is 81.8 Å². The third-order valence-corrected chi connectivity index (χ3v) is 4.76. The first-order chi connectivity index (χ1) is 12.9. The van der Waals surface area contributed by atoms with Crippen molar-refractivity contribution in [2.75, 3.05) is 0 Å². The van der Waals surface area contributed by atoms with Gasteiger partial charge in [0.05, 0.1) is 18.6 Å². The molecule has 0 aliphatic heterocycles. The molecule has 0 aliphatic rings. The van der Waals surface area contributed by atoms with Crippen molar-refractivity contribution < 1.29 is 4.79 Å². The Bertz CT molecular complexity index is 1010. The summed E-state index contributed by atoms with van der Waals surface area (Å²) in [5, 5.41) is 8.20. The van der Waals surface area contributed by atoms with E-state index in [4.69, 9.17) is 11.6 Å². The lowest BCUT2D eigenvalue weighted by Crippen LogP contribution is -2.33. The molecule has 142 valence electrons. The van der Waals surface area contributed by atoms with Gasteiger partial charge in [-0.1, -0.05) is 37.6 Å². The Morgan fingerprint density at radius 2 is 1.96 bits per heavy atom. The maximum Gasteiger partial charge on any atom is 0.264 e. The van der Waals surface area contributed by atoms with Crippen molar-refractivity contribution in [2.45, 2.75) is 32.9 Å². The zero-order chi connectivity index (χ0) is 19.6. The smallest absolute Gasteiger partial charge is 0.264 e. The van der Waals surface area contributed by atoms with Crippen LogP contribution in [0, 0.1) is 5.92 Å². The van der Waals surface area contributed by atoms with Crippen molar-refractivity contribution in [3.05, 3.63) is 57.7 Å². The number of carbonyl (C=O) groups excluding carboxylic acids is 1. The van der Waals surface area contributed by atoms with E-state index in [1.54, 1.807) is 11.7 Å². The largest absolute Gasteiger partial charge is 0.349 e. The second kappa shape index (κ2) is 7.92. The molecule has 0 unspecified atom stereocenters. The zero-order valence-electron chi connectivity index (χ0n) is 15.5. The number of halogens is 1. The van der Waals surface area contributed by atoms with Gasteiger partial charge < -0.3 is 5.32 Å². The number of nitrogens with one attached hydrogen (secondary N) is 1. The summed E-state index contributed by atoms with van der Waals surface area (Å²) in [6, 6.07) is 7.33. The normalized spacial score (nSPS) is 12.5. The molecular formula is C19H22ClN5O2. The number of aryl methyl sites for hydroxylation is 2. The number of amides is 1. The highest BCUT2D eigenvalue weighted by Crippen LogP contribution is 2.23. The second-order valence-electron chi connectivity index (χ2n) is 6.84. The van der Waals surface area contributed by atoms with Crippen molar-refractivity contribution in [3.63, 3.8) is 0 Å². The number of hydrogen-bond acceptors (Lipinski definition) is 4. The van der Waals surface area contributed by atoms with E-state index in [-0.39, 0.29) is 36.4 Å². The van der Waals surface area contributed by atoms with Gasteiger partial charge in [-0.25, -0.2) is 4.98 Å². The van der Waals surface area contributed by atoms with Crippen molar-refractivity contribution in [2.24, 2.45) is 13.0 Å². The highest BCUT2D eigenvalue weighted by molar-refractivity contribution is 6.30. The Morgan fingerprint density at radius 3 is 2.63 bits per heavy atom. The zero-order valence-corrected chi connectivity index (χ0v) is 16.3. The van der Waals surface area contributed by atoms with Gasteiger partial charge in [0.1, 0.15) is 5.39 Å². The lowest BCUT2D eigenvalue weighted by atomic mass is 9.96. The van der Waals surface area contributed by atoms with Crippen LogP contribution < -0.4 is 10.9 Å².